The minimum absolute atomic E-state index is 0.0391. The molecular formula is C21H29N3OS. The second-order valence-corrected chi connectivity index (χ2v) is 8.42. The van der Waals surface area contributed by atoms with Crippen molar-refractivity contribution in [3.8, 4) is 0 Å². The summed E-state index contributed by atoms with van der Waals surface area (Å²) in [7, 11) is 0. The van der Waals surface area contributed by atoms with E-state index in [1.165, 1.54) is 29.0 Å². The van der Waals surface area contributed by atoms with Gasteiger partial charge in [0.15, 0.2) is 0 Å². The van der Waals surface area contributed by atoms with Gasteiger partial charge >= 0.3 is 6.03 Å². The van der Waals surface area contributed by atoms with Crippen LogP contribution in [-0.2, 0) is 12.8 Å². The van der Waals surface area contributed by atoms with Crippen LogP contribution in [0.15, 0.2) is 30.3 Å². The van der Waals surface area contributed by atoms with E-state index in [1.807, 2.05) is 23.1 Å². The maximum absolute atomic E-state index is 12.8. The van der Waals surface area contributed by atoms with Gasteiger partial charge in [0.2, 0.25) is 0 Å². The Labute approximate surface area is 160 Å². The lowest BCUT2D eigenvalue weighted by Crippen LogP contribution is -2.43. The number of hydrogen-bond donors (Lipinski definition) is 1. The van der Waals surface area contributed by atoms with Crippen molar-refractivity contribution in [2.45, 2.75) is 52.5 Å². The van der Waals surface area contributed by atoms with Crippen molar-refractivity contribution in [3.05, 3.63) is 51.5 Å². The van der Waals surface area contributed by atoms with Crippen LogP contribution in [0.3, 0.4) is 0 Å². The highest BCUT2D eigenvalue weighted by molar-refractivity contribution is 7.11. The van der Waals surface area contributed by atoms with Gasteiger partial charge in [0.1, 0.15) is 0 Å². The first kappa shape index (κ1) is 18.9. The van der Waals surface area contributed by atoms with Gasteiger partial charge in [-0.25, -0.2) is 9.78 Å². The Morgan fingerprint density at radius 2 is 2.08 bits per heavy atom. The highest BCUT2D eigenvalue weighted by Crippen LogP contribution is 2.32. The monoisotopic (exact) mass is 371 g/mol. The number of aromatic nitrogens is 1. The average Bonchev–Trinajstić information content (AvgIpc) is 3.41. The van der Waals surface area contributed by atoms with Gasteiger partial charge in [0, 0.05) is 24.4 Å². The fraction of sp³-hybridized carbons (Fsp3) is 0.524. The molecule has 0 bridgehead atoms. The number of rotatable bonds is 8. The number of nitrogens with zero attached hydrogens (tertiary/aromatic N) is 2. The van der Waals surface area contributed by atoms with E-state index in [0.717, 1.165) is 24.4 Å². The van der Waals surface area contributed by atoms with Crippen molar-refractivity contribution in [1.29, 1.82) is 0 Å². The number of nitrogens with one attached hydrogen (secondary N) is 1. The van der Waals surface area contributed by atoms with E-state index in [-0.39, 0.29) is 12.1 Å². The highest BCUT2D eigenvalue weighted by Gasteiger charge is 2.30. The first-order valence-corrected chi connectivity index (χ1v) is 10.4. The SMILES string of the molecule is CCc1nc(CCNC(=O)N(CC2CC2)C(C)c2ccccc2)sc1C. The van der Waals surface area contributed by atoms with Crippen LogP contribution in [0.4, 0.5) is 4.79 Å². The van der Waals surface area contributed by atoms with Crippen LogP contribution < -0.4 is 5.32 Å². The smallest absolute Gasteiger partial charge is 0.317 e. The molecule has 4 nitrogen and oxygen atoms in total. The molecule has 1 atom stereocenters. The van der Waals surface area contributed by atoms with Crippen LogP contribution in [0, 0.1) is 12.8 Å². The largest absolute Gasteiger partial charge is 0.338 e. The molecule has 0 radical (unpaired) electrons. The molecule has 0 spiro atoms. The Kier molecular flexibility index (Phi) is 6.30. The molecule has 1 fully saturated rings. The number of aryl methyl sites for hydroxylation is 2. The van der Waals surface area contributed by atoms with Crippen molar-refractivity contribution in [2.24, 2.45) is 5.92 Å². The maximum Gasteiger partial charge on any atom is 0.317 e. The molecule has 140 valence electrons. The number of thiazole rings is 1. The first-order chi connectivity index (χ1) is 12.6. The molecule has 2 amide bonds. The summed E-state index contributed by atoms with van der Waals surface area (Å²) in [6, 6.07) is 10.4. The zero-order chi connectivity index (χ0) is 18.5. The Balaban J connectivity index is 1.58. The van der Waals surface area contributed by atoms with Crippen molar-refractivity contribution in [2.75, 3.05) is 13.1 Å². The third kappa shape index (κ3) is 4.85. The molecule has 1 unspecified atom stereocenters. The summed E-state index contributed by atoms with van der Waals surface area (Å²) in [5.41, 5.74) is 2.37. The molecule has 0 aliphatic heterocycles. The zero-order valence-corrected chi connectivity index (χ0v) is 16.8. The summed E-state index contributed by atoms with van der Waals surface area (Å²) < 4.78 is 0. The normalized spacial score (nSPS) is 14.9. The van der Waals surface area contributed by atoms with Gasteiger partial charge in [-0.2, -0.15) is 0 Å². The van der Waals surface area contributed by atoms with Crippen LogP contribution in [0.1, 0.15) is 53.9 Å². The lowest BCUT2D eigenvalue weighted by atomic mass is 10.1. The molecule has 1 N–H and O–H groups in total. The quantitative estimate of drug-likeness (QED) is 0.728. The predicted molar refractivity (Wildman–Crippen MR) is 108 cm³/mol. The maximum atomic E-state index is 12.8. The third-order valence-corrected chi connectivity index (χ3v) is 6.12. The number of amides is 2. The molecule has 3 rings (SSSR count). The summed E-state index contributed by atoms with van der Waals surface area (Å²) in [5.74, 6) is 0.667. The van der Waals surface area contributed by atoms with Gasteiger partial charge in [0.05, 0.1) is 16.7 Å². The Morgan fingerprint density at radius 1 is 1.35 bits per heavy atom. The first-order valence-electron chi connectivity index (χ1n) is 9.63. The molecule has 1 aliphatic carbocycles. The van der Waals surface area contributed by atoms with E-state index < -0.39 is 0 Å². The van der Waals surface area contributed by atoms with Crippen LogP contribution in [0.5, 0.6) is 0 Å². The Morgan fingerprint density at radius 3 is 2.69 bits per heavy atom. The number of hydrogen-bond acceptors (Lipinski definition) is 3. The van der Waals surface area contributed by atoms with Crippen molar-refractivity contribution in [1.82, 2.24) is 15.2 Å². The van der Waals surface area contributed by atoms with Crippen molar-refractivity contribution >= 4 is 17.4 Å². The summed E-state index contributed by atoms with van der Waals surface area (Å²) in [5, 5.41) is 4.23. The molecule has 2 aromatic rings. The minimum Gasteiger partial charge on any atom is -0.338 e. The number of urea groups is 1. The zero-order valence-electron chi connectivity index (χ0n) is 16.0. The molecule has 1 saturated carbocycles. The summed E-state index contributed by atoms with van der Waals surface area (Å²) in [6.07, 6.45) is 4.25. The van der Waals surface area contributed by atoms with Crippen molar-refractivity contribution in [3.63, 3.8) is 0 Å². The van der Waals surface area contributed by atoms with Crippen LogP contribution in [-0.4, -0.2) is 29.0 Å². The molecule has 1 aliphatic rings. The van der Waals surface area contributed by atoms with Crippen LogP contribution in [0.2, 0.25) is 0 Å². The lowest BCUT2D eigenvalue weighted by molar-refractivity contribution is 0.176. The number of benzene rings is 1. The van der Waals surface area contributed by atoms with E-state index >= 15 is 0 Å². The topological polar surface area (TPSA) is 45.2 Å². The molecule has 1 aromatic heterocycles. The molecule has 0 saturated heterocycles. The van der Waals surface area contributed by atoms with Gasteiger partial charge in [-0.1, -0.05) is 37.3 Å². The second-order valence-electron chi connectivity index (χ2n) is 7.13. The number of carbonyl (C=O) groups excluding carboxylic acids is 1. The average molecular weight is 372 g/mol. The van der Waals surface area contributed by atoms with E-state index in [9.17, 15) is 4.79 Å². The standard InChI is InChI=1S/C21H29N3OS/c1-4-19-16(3)26-20(23-19)12-13-22-21(25)24(14-17-10-11-17)15(2)18-8-6-5-7-9-18/h5-9,15,17H,4,10-14H2,1-3H3,(H,22,25). The molecular weight excluding hydrogens is 342 g/mol. The van der Waals surface area contributed by atoms with E-state index in [1.54, 1.807) is 11.3 Å². The fourth-order valence-electron chi connectivity index (χ4n) is 3.21. The van der Waals surface area contributed by atoms with Gasteiger partial charge in [-0.05, 0) is 44.6 Å². The third-order valence-electron chi connectivity index (χ3n) is 5.05. The van der Waals surface area contributed by atoms with Crippen LogP contribution in [0.25, 0.3) is 0 Å². The van der Waals surface area contributed by atoms with Gasteiger partial charge < -0.3 is 10.2 Å². The van der Waals surface area contributed by atoms with Gasteiger partial charge in [-0.3, -0.25) is 0 Å². The minimum atomic E-state index is 0.0391. The molecule has 5 heteroatoms. The number of carbonyl (C=O) groups is 1. The molecule has 1 heterocycles. The fourth-order valence-corrected chi connectivity index (χ4v) is 4.23. The summed E-state index contributed by atoms with van der Waals surface area (Å²) in [4.78, 5) is 20.8. The molecule has 26 heavy (non-hydrogen) atoms. The van der Waals surface area contributed by atoms with Crippen molar-refractivity contribution < 1.29 is 4.79 Å². The second kappa shape index (κ2) is 8.67. The van der Waals surface area contributed by atoms with E-state index in [4.69, 9.17) is 0 Å². The van der Waals surface area contributed by atoms with E-state index in [0.29, 0.717) is 12.5 Å². The predicted octanol–water partition coefficient (Wildman–Crippen LogP) is 4.74. The summed E-state index contributed by atoms with van der Waals surface area (Å²) >= 11 is 1.75. The van der Waals surface area contributed by atoms with Gasteiger partial charge in [-0.15, -0.1) is 11.3 Å². The Bertz CT molecular complexity index is 724. The van der Waals surface area contributed by atoms with E-state index in [2.05, 4.69) is 43.2 Å². The van der Waals surface area contributed by atoms with Gasteiger partial charge in [0.25, 0.3) is 0 Å². The summed E-state index contributed by atoms with van der Waals surface area (Å²) in [6.45, 7) is 7.86. The highest BCUT2D eigenvalue weighted by atomic mass is 32.1. The van der Waals surface area contributed by atoms with Crippen LogP contribution >= 0.6 is 11.3 Å². The molecule has 1 aromatic carbocycles. The lowest BCUT2D eigenvalue weighted by Gasteiger charge is -2.30. The Hall–Kier alpha value is -1.88.